The minimum absolute atomic E-state index is 0.0165. The van der Waals surface area contributed by atoms with Gasteiger partial charge in [0.2, 0.25) is 0 Å². The molecule has 4 nitrogen and oxygen atoms in total. The Labute approximate surface area is 178 Å². The second kappa shape index (κ2) is 8.86. The van der Waals surface area contributed by atoms with Gasteiger partial charge in [0, 0.05) is 13.1 Å². The second-order valence-electron chi connectivity index (χ2n) is 7.64. The van der Waals surface area contributed by atoms with Crippen LogP contribution in [0.4, 0.5) is 13.2 Å². The fourth-order valence-corrected chi connectivity index (χ4v) is 3.72. The maximum Gasteiger partial charge on any atom is 0.417 e. The topological polar surface area (TPSA) is 49.8 Å². The largest absolute Gasteiger partial charge is 0.489 e. The van der Waals surface area contributed by atoms with E-state index < -0.39 is 23.2 Å². The monoisotopic (exact) mass is 441 g/mol. The predicted molar refractivity (Wildman–Crippen MR) is 108 cm³/mol. The third-order valence-corrected chi connectivity index (χ3v) is 5.56. The number of halogens is 4. The number of carbonyl (C=O) groups excluding carboxylic acids is 1. The molecule has 0 bridgehead atoms. The summed E-state index contributed by atoms with van der Waals surface area (Å²) in [6.45, 7) is 2.27. The molecular weight excluding hydrogens is 419 g/mol. The number of benzene rings is 2. The molecule has 8 heteroatoms. The summed E-state index contributed by atoms with van der Waals surface area (Å²) in [5, 5.41) is 11.4. The zero-order chi connectivity index (χ0) is 21.9. The van der Waals surface area contributed by atoms with Gasteiger partial charge in [0.1, 0.15) is 18.0 Å². The SMILES string of the molecule is Cc1ccc(Cl)c(OCC2(O)CCCN(C(=O)c3ccccc3C(F)(F)F)CC2)c1. The van der Waals surface area contributed by atoms with Gasteiger partial charge in [-0.25, -0.2) is 0 Å². The Morgan fingerprint density at radius 2 is 1.93 bits per heavy atom. The van der Waals surface area contributed by atoms with Gasteiger partial charge >= 0.3 is 6.18 Å². The summed E-state index contributed by atoms with van der Waals surface area (Å²) in [5.74, 6) is -0.226. The Morgan fingerprint density at radius 1 is 1.20 bits per heavy atom. The summed E-state index contributed by atoms with van der Waals surface area (Å²) in [6, 6.07) is 10.1. The van der Waals surface area contributed by atoms with Crippen LogP contribution < -0.4 is 4.74 Å². The highest BCUT2D eigenvalue weighted by Crippen LogP contribution is 2.33. The first-order valence-electron chi connectivity index (χ1n) is 9.66. The molecule has 1 unspecified atom stereocenters. The van der Waals surface area contributed by atoms with Gasteiger partial charge in [0.15, 0.2) is 0 Å². The van der Waals surface area contributed by atoms with E-state index in [9.17, 15) is 23.1 Å². The molecule has 1 N–H and O–H groups in total. The molecular formula is C22H23ClF3NO3. The van der Waals surface area contributed by atoms with Gasteiger partial charge in [-0.3, -0.25) is 4.79 Å². The van der Waals surface area contributed by atoms with Gasteiger partial charge in [-0.15, -0.1) is 0 Å². The predicted octanol–water partition coefficient (Wildman–Crippen LogP) is 5.10. The molecule has 0 radical (unpaired) electrons. The molecule has 1 aliphatic rings. The molecule has 1 aliphatic heterocycles. The molecule has 1 saturated heterocycles. The van der Waals surface area contributed by atoms with Crippen LogP contribution in [0.3, 0.4) is 0 Å². The summed E-state index contributed by atoms with van der Waals surface area (Å²) < 4.78 is 45.5. The fraction of sp³-hybridized carbons (Fsp3) is 0.409. The number of ether oxygens (including phenoxy) is 1. The number of rotatable bonds is 4. The number of nitrogens with zero attached hydrogens (tertiary/aromatic N) is 1. The molecule has 1 atom stereocenters. The van der Waals surface area contributed by atoms with Crippen molar-refractivity contribution in [2.45, 2.75) is 38.0 Å². The van der Waals surface area contributed by atoms with Crippen LogP contribution in [0.15, 0.2) is 42.5 Å². The van der Waals surface area contributed by atoms with Crippen LogP contribution in [0.25, 0.3) is 0 Å². The number of likely N-dealkylation sites (tertiary alicyclic amines) is 1. The highest BCUT2D eigenvalue weighted by atomic mass is 35.5. The van der Waals surface area contributed by atoms with Crippen molar-refractivity contribution in [3.8, 4) is 5.75 Å². The van der Waals surface area contributed by atoms with Crippen LogP contribution in [0.2, 0.25) is 5.02 Å². The molecule has 0 aromatic heterocycles. The van der Waals surface area contributed by atoms with E-state index in [4.69, 9.17) is 16.3 Å². The second-order valence-corrected chi connectivity index (χ2v) is 8.04. The van der Waals surface area contributed by atoms with Gasteiger partial charge in [-0.05, 0) is 56.0 Å². The maximum atomic E-state index is 13.3. The summed E-state index contributed by atoms with van der Waals surface area (Å²) in [5.41, 5.74) is -1.57. The zero-order valence-corrected chi connectivity index (χ0v) is 17.3. The van der Waals surface area contributed by atoms with Crippen LogP contribution in [0.1, 0.15) is 40.7 Å². The van der Waals surface area contributed by atoms with Crippen molar-refractivity contribution in [3.05, 3.63) is 64.2 Å². The third kappa shape index (κ3) is 5.26. The lowest BCUT2D eigenvalue weighted by Gasteiger charge is -2.27. The number of hydrogen-bond acceptors (Lipinski definition) is 3. The number of aliphatic hydroxyl groups is 1. The number of carbonyl (C=O) groups is 1. The molecule has 162 valence electrons. The van der Waals surface area contributed by atoms with E-state index in [1.54, 1.807) is 12.1 Å². The van der Waals surface area contributed by atoms with Crippen molar-refractivity contribution in [2.75, 3.05) is 19.7 Å². The average molecular weight is 442 g/mol. The van der Waals surface area contributed by atoms with Gasteiger partial charge in [-0.2, -0.15) is 13.2 Å². The van der Waals surface area contributed by atoms with Crippen LogP contribution in [-0.4, -0.2) is 41.2 Å². The van der Waals surface area contributed by atoms with E-state index >= 15 is 0 Å². The number of aryl methyl sites for hydroxylation is 1. The number of amides is 1. The van der Waals surface area contributed by atoms with Crippen molar-refractivity contribution < 1.29 is 27.8 Å². The van der Waals surface area contributed by atoms with Crippen LogP contribution in [0.5, 0.6) is 5.75 Å². The minimum atomic E-state index is -4.61. The Bertz CT molecular complexity index is 919. The Balaban J connectivity index is 1.69. The molecule has 30 heavy (non-hydrogen) atoms. The molecule has 3 rings (SSSR count). The Kier molecular flexibility index (Phi) is 6.62. The third-order valence-electron chi connectivity index (χ3n) is 5.25. The van der Waals surface area contributed by atoms with E-state index in [1.807, 2.05) is 13.0 Å². The van der Waals surface area contributed by atoms with E-state index in [2.05, 4.69) is 0 Å². The van der Waals surface area contributed by atoms with E-state index in [-0.39, 0.29) is 31.7 Å². The lowest BCUT2D eigenvalue weighted by atomic mass is 9.96. The quantitative estimate of drug-likeness (QED) is 0.717. The van der Waals surface area contributed by atoms with E-state index in [0.29, 0.717) is 23.6 Å². The number of hydrogen-bond donors (Lipinski definition) is 1. The maximum absolute atomic E-state index is 13.3. The van der Waals surface area contributed by atoms with Gasteiger partial charge < -0.3 is 14.7 Å². The fourth-order valence-electron chi connectivity index (χ4n) is 3.55. The van der Waals surface area contributed by atoms with Gasteiger partial charge in [0.25, 0.3) is 5.91 Å². The lowest BCUT2D eigenvalue weighted by molar-refractivity contribution is -0.138. The minimum Gasteiger partial charge on any atom is -0.489 e. The highest BCUT2D eigenvalue weighted by molar-refractivity contribution is 6.32. The first-order chi connectivity index (χ1) is 14.1. The van der Waals surface area contributed by atoms with Crippen molar-refractivity contribution in [2.24, 2.45) is 0 Å². The summed E-state index contributed by atoms with van der Waals surface area (Å²) in [6.07, 6.45) is -3.61. The van der Waals surface area contributed by atoms with E-state index in [0.717, 1.165) is 11.6 Å². The molecule has 1 fully saturated rings. The van der Waals surface area contributed by atoms with Crippen molar-refractivity contribution in [3.63, 3.8) is 0 Å². The first-order valence-corrected chi connectivity index (χ1v) is 10.0. The average Bonchev–Trinajstić information content (AvgIpc) is 2.90. The molecule has 0 spiro atoms. The number of alkyl halides is 3. The highest BCUT2D eigenvalue weighted by Gasteiger charge is 2.37. The van der Waals surface area contributed by atoms with Gasteiger partial charge in [0.05, 0.1) is 16.1 Å². The normalized spacial score (nSPS) is 20.0. The van der Waals surface area contributed by atoms with E-state index in [1.165, 1.54) is 23.1 Å². The Hall–Kier alpha value is -2.25. The van der Waals surface area contributed by atoms with Crippen molar-refractivity contribution in [1.29, 1.82) is 0 Å². The molecule has 0 saturated carbocycles. The lowest BCUT2D eigenvalue weighted by Crippen LogP contribution is -2.38. The Morgan fingerprint density at radius 3 is 2.67 bits per heavy atom. The summed E-state index contributed by atoms with van der Waals surface area (Å²) >= 11 is 6.12. The summed E-state index contributed by atoms with van der Waals surface area (Å²) in [7, 11) is 0. The zero-order valence-electron chi connectivity index (χ0n) is 16.5. The molecule has 0 aliphatic carbocycles. The summed E-state index contributed by atoms with van der Waals surface area (Å²) in [4.78, 5) is 14.2. The smallest absolute Gasteiger partial charge is 0.417 e. The van der Waals surface area contributed by atoms with Crippen LogP contribution in [0, 0.1) is 6.92 Å². The molecule has 1 amide bonds. The molecule has 2 aromatic rings. The standard InChI is InChI=1S/C22H23ClF3NO3/c1-15-7-8-18(23)19(13-15)30-14-21(29)9-4-11-27(12-10-21)20(28)16-5-2-3-6-17(16)22(24,25)26/h2-3,5-8,13,29H,4,9-12,14H2,1H3. The van der Waals surface area contributed by atoms with Gasteiger partial charge in [-0.1, -0.05) is 29.8 Å². The van der Waals surface area contributed by atoms with Crippen LogP contribution >= 0.6 is 11.6 Å². The van der Waals surface area contributed by atoms with Crippen molar-refractivity contribution >= 4 is 17.5 Å². The van der Waals surface area contributed by atoms with Crippen molar-refractivity contribution in [1.82, 2.24) is 4.90 Å². The molecule has 2 aromatic carbocycles. The first kappa shape index (κ1) is 22.4. The molecule has 1 heterocycles. The van der Waals surface area contributed by atoms with Crippen LogP contribution in [-0.2, 0) is 6.18 Å².